The third kappa shape index (κ3) is 4.79. The van der Waals surface area contributed by atoms with E-state index in [4.69, 9.17) is 4.42 Å². The summed E-state index contributed by atoms with van der Waals surface area (Å²) in [4.78, 5) is 57.9. The van der Waals surface area contributed by atoms with Gasteiger partial charge in [-0.15, -0.1) is 0 Å². The Bertz CT molecular complexity index is 1240. The quantitative estimate of drug-likeness (QED) is 0.633. The first-order valence-corrected chi connectivity index (χ1v) is 10.8. The second-order valence-corrected chi connectivity index (χ2v) is 8.33. The van der Waals surface area contributed by atoms with Gasteiger partial charge >= 0.3 is 0 Å². The lowest BCUT2D eigenvalue weighted by Gasteiger charge is -2.34. The lowest BCUT2D eigenvalue weighted by Crippen LogP contribution is -2.50. The smallest absolute Gasteiger partial charge is 0.289 e. The molecule has 33 heavy (non-hydrogen) atoms. The molecule has 0 aromatic carbocycles. The number of fused-ring (bicyclic) bond motifs is 1. The number of hydrogen-bond acceptors (Lipinski definition) is 6. The lowest BCUT2D eigenvalue weighted by molar-refractivity contribution is -0.116. The van der Waals surface area contributed by atoms with Crippen LogP contribution in [0.5, 0.6) is 0 Å². The van der Waals surface area contributed by atoms with Crippen molar-refractivity contribution in [1.29, 1.82) is 0 Å². The van der Waals surface area contributed by atoms with Crippen LogP contribution < -0.4 is 10.9 Å². The minimum Gasteiger partial charge on any atom is -0.459 e. The highest BCUT2D eigenvalue weighted by atomic mass is 16.3. The van der Waals surface area contributed by atoms with Crippen LogP contribution in [0.15, 0.2) is 52.1 Å². The molecule has 172 valence electrons. The molecule has 0 aliphatic carbocycles. The molecule has 1 N–H and O–H groups in total. The van der Waals surface area contributed by atoms with Crippen LogP contribution in [0.4, 0.5) is 5.69 Å². The fourth-order valence-electron chi connectivity index (χ4n) is 3.71. The zero-order chi connectivity index (χ0) is 23.5. The van der Waals surface area contributed by atoms with Gasteiger partial charge in [-0.05, 0) is 30.2 Å². The first-order valence-electron chi connectivity index (χ1n) is 10.8. The maximum atomic E-state index is 13.0. The van der Waals surface area contributed by atoms with Crippen molar-refractivity contribution in [3.8, 4) is 0 Å². The zero-order valence-corrected chi connectivity index (χ0v) is 18.5. The Morgan fingerprint density at radius 3 is 2.39 bits per heavy atom. The van der Waals surface area contributed by atoms with Crippen molar-refractivity contribution in [2.24, 2.45) is 5.92 Å². The summed E-state index contributed by atoms with van der Waals surface area (Å²) in [5.41, 5.74) is 0.295. The molecule has 10 nitrogen and oxygen atoms in total. The fourth-order valence-corrected chi connectivity index (χ4v) is 3.71. The predicted octanol–water partition coefficient (Wildman–Crippen LogP) is 1.87. The van der Waals surface area contributed by atoms with E-state index in [1.165, 1.54) is 23.1 Å². The molecule has 0 atom stereocenters. The number of carbonyl (C=O) groups excluding carboxylic acids is 3. The molecule has 4 rings (SSSR count). The van der Waals surface area contributed by atoms with E-state index in [1.807, 2.05) is 13.8 Å². The number of amides is 3. The van der Waals surface area contributed by atoms with E-state index in [2.05, 4.69) is 10.3 Å². The van der Waals surface area contributed by atoms with Gasteiger partial charge in [0.05, 0.1) is 18.0 Å². The molecule has 0 bridgehead atoms. The minimum absolute atomic E-state index is 0.0628. The van der Waals surface area contributed by atoms with Crippen molar-refractivity contribution in [2.75, 3.05) is 31.5 Å². The van der Waals surface area contributed by atoms with Crippen LogP contribution in [-0.2, 0) is 4.79 Å². The minimum atomic E-state index is -0.458. The van der Waals surface area contributed by atoms with Crippen LogP contribution in [-0.4, -0.2) is 63.1 Å². The Morgan fingerprint density at radius 2 is 1.76 bits per heavy atom. The van der Waals surface area contributed by atoms with Gasteiger partial charge in [0, 0.05) is 38.8 Å². The summed E-state index contributed by atoms with van der Waals surface area (Å²) >= 11 is 0. The largest absolute Gasteiger partial charge is 0.459 e. The molecule has 1 fully saturated rings. The summed E-state index contributed by atoms with van der Waals surface area (Å²) in [5.74, 6) is -0.295. The van der Waals surface area contributed by atoms with Gasteiger partial charge in [0.2, 0.25) is 5.91 Å². The van der Waals surface area contributed by atoms with E-state index in [9.17, 15) is 19.2 Å². The summed E-state index contributed by atoms with van der Waals surface area (Å²) < 4.78 is 6.42. The van der Waals surface area contributed by atoms with E-state index in [0.29, 0.717) is 37.4 Å². The molecule has 1 aliphatic rings. The van der Waals surface area contributed by atoms with Crippen LogP contribution in [0.2, 0.25) is 0 Å². The standard InChI is InChI=1S/C23H25N5O5/c1-15(2)12-20(29)25-17-13-24-19-6-5-16(14-28(19)22(17)31)21(30)26-7-9-27(10-8-26)23(32)18-4-3-11-33-18/h3-6,11,13-15H,7-10,12H2,1-2H3,(H,25,29). The molecule has 4 heterocycles. The molecule has 0 radical (unpaired) electrons. The fraction of sp³-hybridized carbons (Fsp3) is 0.348. The highest BCUT2D eigenvalue weighted by Gasteiger charge is 2.27. The van der Waals surface area contributed by atoms with Crippen LogP contribution in [0.25, 0.3) is 5.65 Å². The topological polar surface area (TPSA) is 117 Å². The molecule has 0 saturated carbocycles. The van der Waals surface area contributed by atoms with Crippen LogP contribution >= 0.6 is 0 Å². The molecular formula is C23H25N5O5. The van der Waals surface area contributed by atoms with Gasteiger partial charge in [-0.25, -0.2) is 4.98 Å². The molecule has 3 aromatic heterocycles. The summed E-state index contributed by atoms with van der Waals surface area (Å²) in [6.45, 7) is 5.31. The Kier molecular flexibility index (Phi) is 6.25. The third-order valence-electron chi connectivity index (χ3n) is 5.40. The Balaban J connectivity index is 1.48. The maximum absolute atomic E-state index is 13.0. The molecule has 1 saturated heterocycles. The number of pyridine rings is 1. The van der Waals surface area contributed by atoms with Crippen LogP contribution in [0, 0.1) is 5.92 Å². The van der Waals surface area contributed by atoms with Crippen molar-refractivity contribution in [2.45, 2.75) is 20.3 Å². The highest BCUT2D eigenvalue weighted by Crippen LogP contribution is 2.13. The van der Waals surface area contributed by atoms with Crippen molar-refractivity contribution in [3.05, 3.63) is 64.6 Å². The third-order valence-corrected chi connectivity index (χ3v) is 5.40. The summed E-state index contributed by atoms with van der Waals surface area (Å²) in [7, 11) is 0. The Hall–Kier alpha value is -3.95. The highest BCUT2D eigenvalue weighted by molar-refractivity contribution is 5.95. The second-order valence-electron chi connectivity index (χ2n) is 8.33. The molecule has 0 spiro atoms. The van der Waals surface area contributed by atoms with Crippen molar-refractivity contribution >= 4 is 29.1 Å². The van der Waals surface area contributed by atoms with E-state index in [-0.39, 0.29) is 41.5 Å². The number of hydrogen-bond donors (Lipinski definition) is 1. The normalized spacial score (nSPS) is 14.0. The van der Waals surface area contributed by atoms with E-state index in [0.717, 1.165) is 0 Å². The summed E-state index contributed by atoms with van der Waals surface area (Å²) in [6.07, 6.45) is 4.50. The van der Waals surface area contributed by atoms with Crippen LogP contribution in [0.1, 0.15) is 41.2 Å². The van der Waals surface area contributed by atoms with Gasteiger partial charge in [0.15, 0.2) is 5.76 Å². The predicted molar refractivity (Wildman–Crippen MR) is 120 cm³/mol. The van der Waals surface area contributed by atoms with Gasteiger partial charge < -0.3 is 19.5 Å². The number of aromatic nitrogens is 2. The lowest BCUT2D eigenvalue weighted by atomic mass is 10.1. The van der Waals surface area contributed by atoms with Crippen LogP contribution in [0.3, 0.4) is 0 Å². The molecule has 3 amide bonds. The Labute approximate surface area is 189 Å². The number of nitrogens with zero attached hydrogens (tertiary/aromatic N) is 4. The number of furan rings is 1. The molecular weight excluding hydrogens is 426 g/mol. The zero-order valence-electron chi connectivity index (χ0n) is 18.5. The number of anilines is 1. The monoisotopic (exact) mass is 451 g/mol. The number of rotatable bonds is 5. The molecule has 10 heteroatoms. The van der Waals surface area contributed by atoms with Crippen molar-refractivity contribution in [3.63, 3.8) is 0 Å². The first kappa shape index (κ1) is 22.3. The maximum Gasteiger partial charge on any atom is 0.289 e. The average molecular weight is 451 g/mol. The van der Waals surface area contributed by atoms with Crippen molar-refractivity contribution in [1.82, 2.24) is 19.2 Å². The average Bonchev–Trinajstić information content (AvgIpc) is 3.34. The molecule has 3 aromatic rings. The number of nitrogens with one attached hydrogen (secondary N) is 1. The van der Waals surface area contributed by atoms with Gasteiger partial charge in [-0.2, -0.15) is 0 Å². The molecule has 0 unspecified atom stereocenters. The second kappa shape index (κ2) is 9.27. The molecule has 1 aliphatic heterocycles. The number of carbonyl (C=O) groups is 3. The van der Waals surface area contributed by atoms with Gasteiger partial charge in [-0.1, -0.05) is 13.8 Å². The van der Waals surface area contributed by atoms with Crippen molar-refractivity contribution < 1.29 is 18.8 Å². The first-order chi connectivity index (χ1) is 15.8. The van der Waals surface area contributed by atoms with Gasteiger partial charge in [0.1, 0.15) is 11.3 Å². The Morgan fingerprint density at radius 1 is 1.06 bits per heavy atom. The SMILES string of the molecule is CC(C)CC(=O)Nc1cnc2ccc(C(=O)N3CCN(C(=O)c4ccco4)CC3)cn2c1=O. The number of piperazine rings is 1. The van der Waals surface area contributed by atoms with E-state index < -0.39 is 5.56 Å². The summed E-state index contributed by atoms with van der Waals surface area (Å²) in [6, 6.07) is 6.47. The van der Waals surface area contributed by atoms with Gasteiger partial charge in [0.25, 0.3) is 17.4 Å². The van der Waals surface area contributed by atoms with Gasteiger partial charge in [-0.3, -0.25) is 23.6 Å². The van der Waals surface area contributed by atoms with E-state index >= 15 is 0 Å². The summed E-state index contributed by atoms with van der Waals surface area (Å²) in [5, 5.41) is 2.60. The van der Waals surface area contributed by atoms with E-state index in [1.54, 1.807) is 34.1 Å².